The fourth-order valence-corrected chi connectivity index (χ4v) is 7.85. The summed E-state index contributed by atoms with van der Waals surface area (Å²) in [5.41, 5.74) is 3.20. The van der Waals surface area contributed by atoms with Crippen LogP contribution < -0.4 is 20.4 Å². The molecular weight excluding hydrogens is 672 g/mol. The molecule has 4 amide bonds. The van der Waals surface area contributed by atoms with E-state index in [1.165, 1.54) is 0 Å². The Balaban J connectivity index is 0.000000170. The molecule has 5 atom stereocenters. The van der Waals surface area contributed by atoms with Gasteiger partial charge in [0.15, 0.2) is 23.3 Å². The summed E-state index contributed by atoms with van der Waals surface area (Å²) in [6.45, 7) is 13.4. The first-order valence-electron chi connectivity index (χ1n) is 17.2. The predicted octanol–water partition coefficient (Wildman–Crippen LogP) is 3.41. The Morgan fingerprint density at radius 1 is 0.769 bits per heavy atom. The molecule has 4 aliphatic heterocycles. The van der Waals surface area contributed by atoms with Crippen molar-refractivity contribution in [3.63, 3.8) is 0 Å². The number of hydrogen-bond donors (Lipinski definition) is 2. The highest BCUT2D eigenvalue weighted by molar-refractivity contribution is 6.20. The van der Waals surface area contributed by atoms with E-state index in [0.29, 0.717) is 41.1 Å². The molecule has 16 heteroatoms. The van der Waals surface area contributed by atoms with Gasteiger partial charge in [0.1, 0.15) is 0 Å². The average molecular weight is 713 g/mol. The summed E-state index contributed by atoms with van der Waals surface area (Å²) >= 11 is 0. The number of imide groups is 2. The van der Waals surface area contributed by atoms with Crippen LogP contribution in [0.4, 0.5) is 16.2 Å². The molecule has 6 heterocycles. The summed E-state index contributed by atoms with van der Waals surface area (Å²) in [4.78, 5) is 62.2. The summed E-state index contributed by atoms with van der Waals surface area (Å²) in [5, 5.41) is 12.2. The summed E-state index contributed by atoms with van der Waals surface area (Å²) in [5.74, 6) is 0.655. The molecule has 3 fully saturated rings. The van der Waals surface area contributed by atoms with Crippen LogP contribution in [-0.4, -0.2) is 94.5 Å². The topological polar surface area (TPSA) is 195 Å². The molecule has 4 aromatic rings. The van der Waals surface area contributed by atoms with Crippen molar-refractivity contribution < 1.29 is 37.7 Å². The Hall–Kier alpha value is -5.48. The molecule has 3 saturated heterocycles. The molecule has 8 rings (SSSR count). The number of nitrogens with one attached hydrogen (secondary N) is 2. The summed E-state index contributed by atoms with van der Waals surface area (Å²) in [7, 11) is 0. The lowest BCUT2D eigenvalue weighted by atomic mass is 9.66. The molecule has 0 saturated carbocycles. The highest BCUT2D eigenvalue weighted by Gasteiger charge is 2.62. The third-order valence-electron chi connectivity index (χ3n) is 9.77. The Bertz CT molecular complexity index is 2010. The van der Waals surface area contributed by atoms with Crippen molar-refractivity contribution in [2.75, 3.05) is 29.4 Å². The monoisotopic (exact) mass is 712 g/mol. The quantitative estimate of drug-likeness (QED) is 0.231. The average Bonchev–Trinajstić information content (AvgIpc) is 3.74. The Morgan fingerprint density at radius 2 is 1.33 bits per heavy atom. The van der Waals surface area contributed by atoms with Crippen LogP contribution in [0.3, 0.4) is 0 Å². The molecule has 2 unspecified atom stereocenters. The number of carbonyl (C=O) groups excluding carboxylic acids is 4. The lowest BCUT2D eigenvalue weighted by molar-refractivity contribution is -0.153. The van der Waals surface area contributed by atoms with Gasteiger partial charge in [-0.2, -0.15) is 9.97 Å². The van der Waals surface area contributed by atoms with E-state index in [1.54, 1.807) is 19.9 Å². The van der Waals surface area contributed by atoms with Crippen molar-refractivity contribution in [3.05, 3.63) is 59.2 Å². The van der Waals surface area contributed by atoms with E-state index in [1.807, 2.05) is 58.0 Å². The van der Waals surface area contributed by atoms with Gasteiger partial charge in [0.2, 0.25) is 11.8 Å². The second-order valence-corrected chi connectivity index (χ2v) is 13.8. The number of nitrogens with zero attached hydrogens (tertiary/aromatic N) is 6. The molecule has 2 aromatic heterocycles. The lowest BCUT2D eigenvalue weighted by Crippen LogP contribution is -2.75. The first-order chi connectivity index (χ1) is 24.9. The van der Waals surface area contributed by atoms with E-state index < -0.39 is 35.4 Å². The lowest BCUT2D eigenvalue weighted by Gasteiger charge is -2.55. The van der Waals surface area contributed by atoms with Crippen LogP contribution >= 0.6 is 0 Å². The van der Waals surface area contributed by atoms with Gasteiger partial charge in [-0.3, -0.25) is 25.0 Å². The number of ether oxygens (including phenoxy) is 2. The van der Waals surface area contributed by atoms with Crippen LogP contribution in [0.2, 0.25) is 0 Å². The minimum Gasteiger partial charge on any atom is -0.372 e. The van der Waals surface area contributed by atoms with Crippen molar-refractivity contribution in [1.29, 1.82) is 0 Å². The molecule has 2 N–H and O–H groups in total. The number of barbiturate groups is 1. The zero-order valence-electron chi connectivity index (χ0n) is 29.7. The number of aromatic nitrogens is 4. The third-order valence-corrected chi connectivity index (χ3v) is 9.77. The number of aryl methyl sites for hydroxylation is 2. The van der Waals surface area contributed by atoms with Crippen LogP contribution in [-0.2, 0) is 25.5 Å². The van der Waals surface area contributed by atoms with Crippen molar-refractivity contribution in [2.45, 2.75) is 78.4 Å². The van der Waals surface area contributed by atoms with Gasteiger partial charge >= 0.3 is 6.03 Å². The highest BCUT2D eigenvalue weighted by atomic mass is 16.5. The van der Waals surface area contributed by atoms with E-state index in [9.17, 15) is 19.2 Å². The number of benzene rings is 2. The van der Waals surface area contributed by atoms with Crippen molar-refractivity contribution in [1.82, 2.24) is 30.9 Å². The van der Waals surface area contributed by atoms with E-state index >= 15 is 0 Å². The smallest absolute Gasteiger partial charge is 0.328 e. The second-order valence-electron chi connectivity index (χ2n) is 13.8. The van der Waals surface area contributed by atoms with Gasteiger partial charge in [-0.15, -0.1) is 0 Å². The second kappa shape index (κ2) is 13.6. The molecule has 16 nitrogen and oxygen atoms in total. The fourth-order valence-electron chi connectivity index (χ4n) is 7.85. The Labute approximate surface area is 299 Å². The Kier molecular flexibility index (Phi) is 9.12. The highest BCUT2D eigenvalue weighted by Crippen LogP contribution is 2.47. The fraction of sp³-hybridized carbons (Fsp3) is 0.444. The minimum absolute atomic E-state index is 0.0890. The van der Waals surface area contributed by atoms with Gasteiger partial charge in [0.25, 0.3) is 11.8 Å². The number of amides is 4. The molecule has 272 valence electrons. The molecule has 0 radical (unpaired) electrons. The number of morpholine rings is 2. The van der Waals surface area contributed by atoms with Gasteiger partial charge in [0.05, 0.1) is 30.5 Å². The number of carbonyl (C=O) groups is 4. The van der Waals surface area contributed by atoms with Crippen LogP contribution in [0.15, 0.2) is 45.4 Å². The standard InChI is InChI=1S/C20H21N5O5.C16H19N3O3/c1-9-8-25-14-5-4-12(16-21-11(3)24-30-16)6-13(14)7-20(15(25)10(2)29-9)17(26)22-19(28)23-18(20)27;1-10-7-19(8-11(2)21-10)15-5-4-13(6-14(15)9-20)16-17-12(3)18-22-16/h4-6,9-10,15H,7-8H2,1-3H3,(H2,22,23,26,27,28);4-6,9-11H,7-8H2,1-3H3/t9-,10+,15-;/m1./s1. The SMILES string of the molecule is Cc1noc(-c2ccc(N3CC(C)OC(C)C3)c(C=O)c2)n1.Cc1noc(-c2ccc3c(c2)CC2(C(=O)NC(=O)NC2=O)[C@H]2[C@H](C)O[C@H](C)CN32)n1. The number of anilines is 2. The van der Waals surface area contributed by atoms with Gasteiger partial charge in [-0.05, 0) is 89.9 Å². The predicted molar refractivity (Wildman–Crippen MR) is 186 cm³/mol. The number of urea groups is 1. The van der Waals surface area contributed by atoms with E-state index in [4.69, 9.17) is 18.5 Å². The zero-order valence-corrected chi connectivity index (χ0v) is 29.7. The van der Waals surface area contributed by atoms with Crippen LogP contribution in [0.25, 0.3) is 22.9 Å². The maximum absolute atomic E-state index is 13.1. The number of hydrogen-bond acceptors (Lipinski definition) is 14. The van der Waals surface area contributed by atoms with Gasteiger partial charge in [0, 0.05) is 47.7 Å². The maximum atomic E-state index is 13.1. The van der Waals surface area contributed by atoms with Crippen molar-refractivity contribution >= 4 is 35.5 Å². The molecule has 4 aliphatic rings. The minimum atomic E-state index is -1.50. The molecule has 0 aliphatic carbocycles. The largest absolute Gasteiger partial charge is 0.372 e. The normalized spacial score (nSPS) is 25.0. The number of aldehydes is 1. The molecule has 52 heavy (non-hydrogen) atoms. The summed E-state index contributed by atoms with van der Waals surface area (Å²) in [6.07, 6.45) is 0.784. The van der Waals surface area contributed by atoms with Gasteiger partial charge < -0.3 is 28.3 Å². The summed E-state index contributed by atoms with van der Waals surface area (Å²) in [6, 6.07) is 9.96. The van der Waals surface area contributed by atoms with E-state index in [0.717, 1.165) is 41.9 Å². The first kappa shape index (κ1) is 34.9. The number of fused-ring (bicyclic) bond motifs is 4. The number of rotatable bonds is 4. The zero-order chi connectivity index (χ0) is 36.9. The van der Waals surface area contributed by atoms with Crippen molar-refractivity contribution in [3.8, 4) is 22.9 Å². The van der Waals surface area contributed by atoms with Gasteiger partial charge in [-0.25, -0.2) is 4.79 Å². The molecule has 2 aromatic carbocycles. The van der Waals surface area contributed by atoms with Crippen LogP contribution in [0, 0.1) is 19.3 Å². The molecule has 0 bridgehead atoms. The molecular formula is C36H40N8O8. The first-order valence-corrected chi connectivity index (χ1v) is 17.2. The van der Waals surface area contributed by atoms with E-state index in [-0.39, 0.29) is 24.7 Å². The van der Waals surface area contributed by atoms with E-state index in [2.05, 4.69) is 40.7 Å². The summed E-state index contributed by atoms with van der Waals surface area (Å²) < 4.78 is 22.2. The third kappa shape index (κ3) is 6.32. The Morgan fingerprint density at radius 3 is 1.88 bits per heavy atom. The van der Waals surface area contributed by atoms with Crippen molar-refractivity contribution in [2.24, 2.45) is 5.41 Å². The molecule has 1 spiro atoms. The maximum Gasteiger partial charge on any atom is 0.328 e. The van der Waals surface area contributed by atoms with Gasteiger partial charge in [-0.1, -0.05) is 10.3 Å². The van der Waals surface area contributed by atoms with Crippen LogP contribution in [0.5, 0.6) is 0 Å². The van der Waals surface area contributed by atoms with Crippen LogP contribution in [0.1, 0.15) is 55.3 Å².